The Morgan fingerprint density at radius 1 is 1.15 bits per heavy atom. The van der Waals surface area contributed by atoms with Gasteiger partial charge in [-0.2, -0.15) is 0 Å². The summed E-state index contributed by atoms with van der Waals surface area (Å²) in [4.78, 5) is 21.9. The van der Waals surface area contributed by atoms with Crippen LogP contribution >= 0.6 is 34.5 Å². The zero-order valence-electron chi connectivity index (χ0n) is 14.0. The number of carbonyl (C=O) groups is 1. The fourth-order valence-corrected chi connectivity index (χ4v) is 3.50. The van der Waals surface area contributed by atoms with E-state index in [1.807, 2.05) is 38.1 Å². The Labute approximate surface area is 165 Å². The lowest BCUT2D eigenvalue weighted by atomic mass is 10.1. The van der Waals surface area contributed by atoms with E-state index in [1.165, 1.54) is 23.5 Å². The number of pyridine rings is 1. The van der Waals surface area contributed by atoms with Gasteiger partial charge in [-0.15, -0.1) is 11.3 Å². The summed E-state index contributed by atoms with van der Waals surface area (Å²) in [6.45, 7) is 4.50. The Morgan fingerprint density at radius 3 is 2.58 bits per heavy atom. The van der Waals surface area contributed by atoms with E-state index in [4.69, 9.17) is 27.9 Å². The number of anilines is 1. The normalized spacial score (nSPS) is 10.6. The number of hydrogen-bond donors (Lipinski definition) is 1. The van der Waals surface area contributed by atoms with Crippen molar-refractivity contribution in [3.8, 4) is 17.0 Å². The highest BCUT2D eigenvalue weighted by Crippen LogP contribution is 2.31. The van der Waals surface area contributed by atoms with Crippen LogP contribution in [0.3, 0.4) is 0 Å². The van der Waals surface area contributed by atoms with Gasteiger partial charge in [0.15, 0.2) is 5.13 Å². The maximum atomic E-state index is 12.4. The minimum absolute atomic E-state index is 0.0645. The molecule has 0 radical (unpaired) electrons. The fourth-order valence-electron chi connectivity index (χ4n) is 2.33. The largest absolute Gasteiger partial charge is 0.494 e. The summed E-state index contributed by atoms with van der Waals surface area (Å²) in [5, 5.41) is 3.62. The summed E-state index contributed by atoms with van der Waals surface area (Å²) in [5.41, 5.74) is 1.81. The number of aromatic nitrogens is 2. The van der Waals surface area contributed by atoms with Gasteiger partial charge in [0.25, 0.3) is 5.91 Å². The minimum atomic E-state index is -0.454. The highest BCUT2D eigenvalue weighted by atomic mass is 35.5. The van der Waals surface area contributed by atoms with Gasteiger partial charge in [-0.05, 0) is 50.2 Å². The predicted molar refractivity (Wildman–Crippen MR) is 106 cm³/mol. The average molecular weight is 408 g/mol. The molecule has 0 unspecified atom stereocenters. The molecule has 8 heteroatoms. The van der Waals surface area contributed by atoms with Gasteiger partial charge >= 0.3 is 0 Å². The third kappa shape index (κ3) is 4.15. The Morgan fingerprint density at radius 2 is 1.88 bits per heavy atom. The summed E-state index contributed by atoms with van der Waals surface area (Å²) in [5.74, 6) is 0.351. The molecule has 2 heterocycles. The molecule has 0 aliphatic rings. The molecule has 0 spiro atoms. The van der Waals surface area contributed by atoms with Crippen LogP contribution in [0.5, 0.6) is 5.75 Å². The molecule has 26 heavy (non-hydrogen) atoms. The van der Waals surface area contributed by atoms with Gasteiger partial charge < -0.3 is 4.74 Å². The van der Waals surface area contributed by atoms with Gasteiger partial charge in [0.05, 0.1) is 17.3 Å². The van der Waals surface area contributed by atoms with Gasteiger partial charge in [0, 0.05) is 10.4 Å². The van der Waals surface area contributed by atoms with Crippen molar-refractivity contribution in [1.82, 2.24) is 9.97 Å². The molecule has 0 fully saturated rings. The van der Waals surface area contributed by atoms with Crippen LogP contribution in [0.1, 0.15) is 22.3 Å². The number of rotatable bonds is 5. The van der Waals surface area contributed by atoms with Crippen LogP contribution in [0.25, 0.3) is 11.3 Å². The van der Waals surface area contributed by atoms with E-state index in [0.29, 0.717) is 11.7 Å². The summed E-state index contributed by atoms with van der Waals surface area (Å²) in [7, 11) is 0. The van der Waals surface area contributed by atoms with Crippen molar-refractivity contribution in [2.24, 2.45) is 0 Å². The van der Waals surface area contributed by atoms with Crippen molar-refractivity contribution in [3.63, 3.8) is 0 Å². The van der Waals surface area contributed by atoms with Crippen molar-refractivity contribution < 1.29 is 9.53 Å². The first-order valence-electron chi connectivity index (χ1n) is 7.82. The molecule has 1 N–H and O–H groups in total. The number of nitrogens with zero attached hydrogens (tertiary/aromatic N) is 2. The lowest BCUT2D eigenvalue weighted by Crippen LogP contribution is -2.14. The Kier molecular flexibility index (Phi) is 5.76. The zero-order valence-corrected chi connectivity index (χ0v) is 16.4. The average Bonchev–Trinajstić information content (AvgIpc) is 2.98. The van der Waals surface area contributed by atoms with E-state index in [1.54, 1.807) is 0 Å². The molecule has 3 rings (SSSR count). The van der Waals surface area contributed by atoms with Crippen LogP contribution in [-0.4, -0.2) is 22.5 Å². The number of aryl methyl sites for hydroxylation is 1. The van der Waals surface area contributed by atoms with Crippen LogP contribution in [0.4, 0.5) is 5.13 Å². The fraction of sp³-hybridized carbons (Fsp3) is 0.167. The van der Waals surface area contributed by atoms with E-state index >= 15 is 0 Å². The molecule has 2 aromatic heterocycles. The monoisotopic (exact) mass is 407 g/mol. The van der Waals surface area contributed by atoms with Crippen LogP contribution in [0.2, 0.25) is 10.2 Å². The summed E-state index contributed by atoms with van der Waals surface area (Å²) in [6, 6.07) is 10.7. The molecule has 0 saturated carbocycles. The maximum absolute atomic E-state index is 12.4. The summed E-state index contributed by atoms with van der Waals surface area (Å²) < 4.78 is 5.45. The maximum Gasteiger partial charge on any atom is 0.277 e. The number of amides is 1. The second-order valence-corrected chi connectivity index (χ2v) is 7.30. The van der Waals surface area contributed by atoms with E-state index in [-0.39, 0.29) is 15.9 Å². The minimum Gasteiger partial charge on any atom is -0.494 e. The first-order valence-corrected chi connectivity index (χ1v) is 9.39. The lowest BCUT2D eigenvalue weighted by molar-refractivity contribution is 0.102. The quantitative estimate of drug-likeness (QED) is 0.569. The van der Waals surface area contributed by atoms with Gasteiger partial charge in [-0.3, -0.25) is 10.1 Å². The lowest BCUT2D eigenvalue weighted by Gasteiger charge is -2.04. The van der Waals surface area contributed by atoms with E-state index < -0.39 is 5.91 Å². The number of hydrogen-bond acceptors (Lipinski definition) is 5. The van der Waals surface area contributed by atoms with E-state index in [0.717, 1.165) is 21.9 Å². The second-order valence-electron chi connectivity index (χ2n) is 5.30. The zero-order chi connectivity index (χ0) is 18.7. The first kappa shape index (κ1) is 18.6. The molecule has 134 valence electrons. The Hall–Kier alpha value is -2.15. The molecule has 3 aromatic rings. The van der Waals surface area contributed by atoms with Crippen molar-refractivity contribution in [1.29, 1.82) is 0 Å². The molecular weight excluding hydrogens is 393 g/mol. The first-order chi connectivity index (χ1) is 12.5. The molecule has 0 saturated heterocycles. The standard InChI is InChI=1S/C18H15Cl2N3O2S/c1-3-25-12-6-4-11(5-7-12)15-10(2)26-18(22-15)23-17(24)16-13(19)8-9-14(20)21-16/h4-9H,3H2,1-2H3,(H,22,23,24). The molecule has 0 aliphatic heterocycles. The van der Waals surface area contributed by atoms with Gasteiger partial charge in [-0.25, -0.2) is 9.97 Å². The van der Waals surface area contributed by atoms with Crippen molar-refractivity contribution in [2.75, 3.05) is 11.9 Å². The topological polar surface area (TPSA) is 64.1 Å². The van der Waals surface area contributed by atoms with Gasteiger partial charge in [0.1, 0.15) is 16.6 Å². The number of halogens is 2. The van der Waals surface area contributed by atoms with Crippen LogP contribution < -0.4 is 10.1 Å². The Bertz CT molecular complexity index is 942. The van der Waals surface area contributed by atoms with Gasteiger partial charge in [0.2, 0.25) is 0 Å². The van der Waals surface area contributed by atoms with E-state index in [9.17, 15) is 4.79 Å². The smallest absolute Gasteiger partial charge is 0.277 e. The number of benzene rings is 1. The van der Waals surface area contributed by atoms with Crippen molar-refractivity contribution >= 4 is 45.6 Å². The number of carbonyl (C=O) groups excluding carboxylic acids is 1. The van der Waals surface area contributed by atoms with Crippen molar-refractivity contribution in [2.45, 2.75) is 13.8 Å². The summed E-state index contributed by atoms with van der Waals surface area (Å²) >= 11 is 13.2. The molecule has 1 aromatic carbocycles. The molecule has 0 aliphatic carbocycles. The highest BCUT2D eigenvalue weighted by molar-refractivity contribution is 7.16. The predicted octanol–water partition coefficient (Wildman–Crippen LogP) is 5.47. The molecule has 5 nitrogen and oxygen atoms in total. The summed E-state index contributed by atoms with van der Waals surface area (Å²) in [6.07, 6.45) is 0. The molecule has 0 atom stereocenters. The highest BCUT2D eigenvalue weighted by Gasteiger charge is 2.17. The molecular formula is C18H15Cl2N3O2S. The van der Waals surface area contributed by atoms with E-state index in [2.05, 4.69) is 15.3 Å². The third-order valence-electron chi connectivity index (χ3n) is 3.48. The van der Waals surface area contributed by atoms with Crippen molar-refractivity contribution in [3.05, 3.63) is 57.1 Å². The number of nitrogens with one attached hydrogen (secondary N) is 1. The SMILES string of the molecule is CCOc1ccc(-c2nc(NC(=O)c3nc(Cl)ccc3Cl)sc2C)cc1. The Balaban J connectivity index is 1.81. The van der Waals surface area contributed by atoms with Crippen LogP contribution in [0, 0.1) is 6.92 Å². The number of ether oxygens (including phenoxy) is 1. The van der Waals surface area contributed by atoms with Crippen LogP contribution in [-0.2, 0) is 0 Å². The molecule has 1 amide bonds. The second kappa shape index (κ2) is 8.03. The third-order valence-corrected chi connectivity index (χ3v) is 4.88. The molecule has 0 bridgehead atoms. The van der Waals surface area contributed by atoms with Gasteiger partial charge in [-0.1, -0.05) is 23.2 Å². The number of thiazole rings is 1. The van der Waals surface area contributed by atoms with Crippen LogP contribution in [0.15, 0.2) is 36.4 Å².